The van der Waals surface area contributed by atoms with Crippen molar-refractivity contribution in [2.24, 2.45) is 0 Å². The van der Waals surface area contributed by atoms with Crippen LogP contribution in [-0.2, 0) is 0 Å². The van der Waals surface area contributed by atoms with Crippen LogP contribution in [0.2, 0.25) is 13.1 Å². The standard InChI is InChI=1S/C46H36N2S2Si/c1-29-11-9-13-35(27-29)41-42(36-14-10-12-30(2)28-36)44(32-21-25-34(26-22-32)46-48-38-16-6-8-18-40(38)50-46)51(3,4)43(41)31-19-23-33(24-20-31)45-47-37-15-5-7-17-39(37)49-45/h5-28H,1-4H3. The highest BCUT2D eigenvalue weighted by Crippen LogP contribution is 2.56. The third kappa shape index (κ3) is 5.62. The van der Waals surface area contributed by atoms with Crippen molar-refractivity contribution in [3.05, 3.63) is 179 Å². The highest BCUT2D eigenvalue weighted by atomic mass is 32.1. The quantitative estimate of drug-likeness (QED) is 0.161. The second kappa shape index (κ2) is 12.5. The maximum Gasteiger partial charge on any atom is 0.124 e. The number of hydrogen-bond acceptors (Lipinski definition) is 4. The van der Waals surface area contributed by atoms with E-state index in [1.807, 2.05) is 0 Å². The Morgan fingerprint density at radius 1 is 0.412 bits per heavy atom. The second-order valence-corrected chi connectivity index (χ2v) is 20.3. The average Bonchev–Trinajstić information content (AvgIpc) is 3.84. The summed E-state index contributed by atoms with van der Waals surface area (Å²) in [6, 6.07) is 53.4. The van der Waals surface area contributed by atoms with Crippen LogP contribution in [0, 0.1) is 13.8 Å². The molecule has 0 saturated carbocycles. The van der Waals surface area contributed by atoms with Gasteiger partial charge in [0.15, 0.2) is 0 Å². The minimum atomic E-state index is -2.32. The van der Waals surface area contributed by atoms with E-state index in [9.17, 15) is 0 Å². The predicted octanol–water partition coefficient (Wildman–Crippen LogP) is 13.2. The van der Waals surface area contributed by atoms with Crippen molar-refractivity contribution >= 4 is 72.7 Å². The number of aryl methyl sites for hydroxylation is 2. The summed E-state index contributed by atoms with van der Waals surface area (Å²) in [4.78, 5) is 9.93. The first-order chi connectivity index (χ1) is 24.8. The van der Waals surface area contributed by atoms with Crippen molar-refractivity contribution in [3.8, 4) is 21.1 Å². The first-order valence-electron chi connectivity index (χ1n) is 17.4. The van der Waals surface area contributed by atoms with E-state index in [1.165, 1.54) is 64.3 Å². The van der Waals surface area contributed by atoms with Crippen molar-refractivity contribution in [1.29, 1.82) is 0 Å². The summed E-state index contributed by atoms with van der Waals surface area (Å²) >= 11 is 3.52. The molecule has 1 aliphatic heterocycles. The van der Waals surface area contributed by atoms with Crippen LogP contribution in [-0.4, -0.2) is 18.0 Å². The first-order valence-corrected chi connectivity index (χ1v) is 22.0. The second-order valence-electron chi connectivity index (χ2n) is 14.0. The van der Waals surface area contributed by atoms with E-state index >= 15 is 0 Å². The number of rotatable bonds is 6. The molecule has 0 fully saturated rings. The van der Waals surface area contributed by atoms with Gasteiger partial charge in [-0.25, -0.2) is 9.97 Å². The smallest absolute Gasteiger partial charge is 0.124 e. The Balaban J connectivity index is 1.23. The normalized spacial score (nSPS) is 14.3. The summed E-state index contributed by atoms with van der Waals surface area (Å²) in [5.41, 5.74) is 14.8. The third-order valence-corrected chi connectivity index (χ3v) is 15.8. The van der Waals surface area contributed by atoms with Gasteiger partial charge in [0.1, 0.15) is 18.1 Å². The molecule has 0 spiro atoms. The molecule has 51 heavy (non-hydrogen) atoms. The molecule has 0 amide bonds. The zero-order valence-corrected chi connectivity index (χ0v) is 31.7. The molecule has 0 radical (unpaired) electrons. The van der Waals surface area contributed by atoms with Gasteiger partial charge < -0.3 is 0 Å². The van der Waals surface area contributed by atoms with Crippen molar-refractivity contribution in [3.63, 3.8) is 0 Å². The summed E-state index contributed by atoms with van der Waals surface area (Å²) in [6.45, 7) is 9.48. The number of allylic oxidation sites excluding steroid dienone is 2. The van der Waals surface area contributed by atoms with E-state index in [0.29, 0.717) is 0 Å². The number of aromatic nitrogens is 2. The Hall–Kier alpha value is -5.20. The molecule has 5 heteroatoms. The monoisotopic (exact) mass is 708 g/mol. The average molecular weight is 709 g/mol. The minimum Gasteiger partial charge on any atom is -0.236 e. The summed E-state index contributed by atoms with van der Waals surface area (Å²) in [6.07, 6.45) is 0. The third-order valence-electron chi connectivity index (χ3n) is 10.0. The highest BCUT2D eigenvalue weighted by molar-refractivity contribution is 7.22. The van der Waals surface area contributed by atoms with Crippen molar-refractivity contribution < 1.29 is 0 Å². The van der Waals surface area contributed by atoms with E-state index < -0.39 is 8.07 Å². The molecule has 0 bridgehead atoms. The zero-order valence-electron chi connectivity index (χ0n) is 29.1. The SMILES string of the molecule is Cc1cccc(C2=C(c3ccc(-c4nc5ccccc5s4)cc3)[Si](C)(C)C(c3ccc(-c4nc5ccccc5s4)cc3)=C2c2cccc(C)c2)c1. The Bertz CT molecular complexity index is 2420. The Kier molecular flexibility index (Phi) is 7.80. The summed E-state index contributed by atoms with van der Waals surface area (Å²) in [5.74, 6) is 0. The molecule has 0 saturated heterocycles. The van der Waals surface area contributed by atoms with Crippen LogP contribution in [0.3, 0.4) is 0 Å². The molecule has 246 valence electrons. The minimum absolute atomic E-state index is 1.06. The lowest BCUT2D eigenvalue weighted by Gasteiger charge is -2.27. The molecule has 8 aromatic rings. The van der Waals surface area contributed by atoms with E-state index in [2.05, 4.69) is 173 Å². The van der Waals surface area contributed by atoms with E-state index in [-0.39, 0.29) is 0 Å². The van der Waals surface area contributed by atoms with Gasteiger partial charge in [0.2, 0.25) is 0 Å². The van der Waals surface area contributed by atoms with Crippen molar-refractivity contribution in [2.75, 3.05) is 0 Å². The maximum absolute atomic E-state index is 4.97. The lowest BCUT2D eigenvalue weighted by atomic mass is 9.88. The van der Waals surface area contributed by atoms with Gasteiger partial charge >= 0.3 is 0 Å². The van der Waals surface area contributed by atoms with E-state index in [1.54, 1.807) is 22.7 Å². The number of nitrogens with zero attached hydrogens (tertiary/aromatic N) is 2. The molecule has 2 aromatic heterocycles. The van der Waals surface area contributed by atoms with Crippen molar-refractivity contribution in [1.82, 2.24) is 9.97 Å². The van der Waals surface area contributed by atoms with Gasteiger partial charge in [-0.1, -0.05) is 146 Å². The number of thiazole rings is 2. The van der Waals surface area contributed by atoms with Crippen molar-refractivity contribution in [2.45, 2.75) is 26.9 Å². The molecule has 0 unspecified atom stereocenters. The van der Waals surface area contributed by atoms with Gasteiger partial charge in [-0.05, 0) is 81.9 Å². The molecule has 0 aliphatic carbocycles. The molecule has 2 nitrogen and oxygen atoms in total. The summed E-state index contributed by atoms with van der Waals surface area (Å²) in [5, 5.41) is 5.08. The van der Waals surface area contributed by atoms with Gasteiger partial charge in [-0.2, -0.15) is 0 Å². The van der Waals surface area contributed by atoms with Gasteiger partial charge in [0, 0.05) is 11.1 Å². The molecule has 3 heterocycles. The molecular weight excluding hydrogens is 673 g/mol. The van der Waals surface area contributed by atoms with Crippen LogP contribution in [0.15, 0.2) is 146 Å². The lowest BCUT2D eigenvalue weighted by molar-refractivity contribution is 1.44. The molecule has 0 N–H and O–H groups in total. The summed E-state index contributed by atoms with van der Waals surface area (Å²) < 4.78 is 2.44. The fraction of sp³-hybridized carbons (Fsp3) is 0.0870. The van der Waals surface area contributed by atoms with Crippen LogP contribution in [0.5, 0.6) is 0 Å². The molecule has 6 aromatic carbocycles. The fourth-order valence-corrected chi connectivity index (χ4v) is 13.5. The Morgan fingerprint density at radius 3 is 1.20 bits per heavy atom. The number of fused-ring (bicyclic) bond motifs is 2. The largest absolute Gasteiger partial charge is 0.236 e. The van der Waals surface area contributed by atoms with Gasteiger partial charge in [-0.3, -0.25) is 0 Å². The van der Waals surface area contributed by atoms with Gasteiger partial charge in [-0.15, -0.1) is 22.7 Å². The predicted molar refractivity (Wildman–Crippen MR) is 224 cm³/mol. The molecule has 1 aliphatic rings. The van der Waals surface area contributed by atoms with Crippen LogP contribution in [0.1, 0.15) is 33.4 Å². The maximum atomic E-state index is 4.97. The lowest BCUT2D eigenvalue weighted by Crippen LogP contribution is -2.28. The Morgan fingerprint density at radius 2 is 0.804 bits per heavy atom. The number of benzene rings is 6. The fourth-order valence-electron chi connectivity index (χ4n) is 7.74. The van der Waals surface area contributed by atoms with E-state index in [4.69, 9.17) is 9.97 Å². The number of hydrogen-bond donors (Lipinski definition) is 0. The van der Waals surface area contributed by atoms with Crippen LogP contribution in [0.4, 0.5) is 0 Å². The van der Waals surface area contributed by atoms with Gasteiger partial charge in [0.05, 0.1) is 20.4 Å². The zero-order chi connectivity index (χ0) is 34.7. The Labute approximate surface area is 308 Å². The van der Waals surface area contributed by atoms with Crippen LogP contribution >= 0.6 is 22.7 Å². The molecule has 0 atom stereocenters. The van der Waals surface area contributed by atoms with E-state index in [0.717, 1.165) is 32.2 Å². The van der Waals surface area contributed by atoms with Crippen LogP contribution < -0.4 is 0 Å². The molecule has 9 rings (SSSR count). The topological polar surface area (TPSA) is 25.8 Å². The van der Waals surface area contributed by atoms with Crippen LogP contribution in [0.25, 0.3) is 63.1 Å². The summed E-state index contributed by atoms with van der Waals surface area (Å²) in [7, 11) is -2.32. The number of para-hydroxylation sites is 2. The highest BCUT2D eigenvalue weighted by Gasteiger charge is 2.43. The van der Waals surface area contributed by atoms with Gasteiger partial charge in [0.25, 0.3) is 0 Å². The first kappa shape index (κ1) is 31.8. The molecular formula is C46H36N2S2Si.